The number of carbonyl (C=O) groups excluding carboxylic acids is 2. The quantitative estimate of drug-likeness (QED) is 0.563. The molecule has 28 heavy (non-hydrogen) atoms. The van der Waals surface area contributed by atoms with E-state index in [1.807, 2.05) is 37.3 Å². The van der Waals surface area contributed by atoms with E-state index in [9.17, 15) is 9.59 Å². The number of hydrazine groups is 1. The molecule has 1 atom stereocenters. The lowest BCUT2D eigenvalue weighted by atomic mass is 10.2. The zero-order chi connectivity index (χ0) is 20.1. The summed E-state index contributed by atoms with van der Waals surface area (Å²) in [6, 6.07) is 16.2. The van der Waals surface area contributed by atoms with E-state index in [4.69, 9.17) is 17.0 Å². The maximum atomic E-state index is 12.6. The average Bonchev–Trinajstić information content (AvgIpc) is 2.97. The van der Waals surface area contributed by atoms with Crippen LogP contribution in [0.15, 0.2) is 59.5 Å². The summed E-state index contributed by atoms with van der Waals surface area (Å²) in [6.45, 7) is 4.08. The number of benzene rings is 2. The lowest BCUT2D eigenvalue weighted by Gasteiger charge is -2.15. The van der Waals surface area contributed by atoms with Crippen molar-refractivity contribution in [2.75, 3.05) is 0 Å². The number of rotatable bonds is 6. The third-order valence-electron chi connectivity index (χ3n) is 4.13. The summed E-state index contributed by atoms with van der Waals surface area (Å²) in [6.07, 6.45) is 2.83. The Bertz CT molecular complexity index is 911. The van der Waals surface area contributed by atoms with Gasteiger partial charge in [0.1, 0.15) is 5.75 Å². The van der Waals surface area contributed by atoms with Gasteiger partial charge in [-0.1, -0.05) is 49.0 Å². The van der Waals surface area contributed by atoms with Crippen LogP contribution in [-0.4, -0.2) is 27.2 Å². The summed E-state index contributed by atoms with van der Waals surface area (Å²) in [5.74, 6) is 0.0538. The summed E-state index contributed by atoms with van der Waals surface area (Å²) in [5.41, 5.74) is 3.88. The van der Waals surface area contributed by atoms with Gasteiger partial charge < -0.3 is 4.74 Å². The molecule has 0 spiro atoms. The van der Waals surface area contributed by atoms with E-state index in [1.165, 1.54) is 0 Å². The maximum absolute atomic E-state index is 12.6. The molecule has 0 saturated carbocycles. The highest BCUT2D eigenvalue weighted by Crippen LogP contribution is 2.31. The lowest BCUT2D eigenvalue weighted by molar-refractivity contribution is -0.123. The first-order valence-electron chi connectivity index (χ1n) is 8.88. The Labute approximate surface area is 173 Å². The van der Waals surface area contributed by atoms with Crippen LogP contribution in [0.3, 0.4) is 0 Å². The number of nitrogens with zero attached hydrogens (tertiary/aromatic N) is 1. The number of ether oxygens (including phenoxy) is 1. The normalized spacial score (nSPS) is 16.4. The van der Waals surface area contributed by atoms with Gasteiger partial charge in [0.25, 0.3) is 11.8 Å². The van der Waals surface area contributed by atoms with Crippen LogP contribution < -0.4 is 10.2 Å². The predicted octanol–water partition coefficient (Wildman–Crippen LogP) is 4.41. The number of thiocarbonyl (C=S) groups is 1. The second-order valence-electron chi connectivity index (χ2n) is 6.23. The molecule has 0 aliphatic carbocycles. The number of carbonyl (C=O) groups is 2. The van der Waals surface area contributed by atoms with Gasteiger partial charge in [-0.2, -0.15) is 5.01 Å². The van der Waals surface area contributed by atoms with Crippen molar-refractivity contribution >= 4 is 46.2 Å². The monoisotopic (exact) mass is 412 g/mol. The van der Waals surface area contributed by atoms with E-state index in [2.05, 4.69) is 12.3 Å². The van der Waals surface area contributed by atoms with Crippen LogP contribution in [0, 0.1) is 0 Å². The highest BCUT2D eigenvalue weighted by atomic mass is 32.2. The third-order valence-corrected chi connectivity index (χ3v) is 5.44. The summed E-state index contributed by atoms with van der Waals surface area (Å²) in [4.78, 5) is 25.4. The molecule has 1 aliphatic rings. The molecule has 1 saturated heterocycles. The van der Waals surface area contributed by atoms with Gasteiger partial charge in [-0.15, -0.1) is 0 Å². The smallest absolute Gasteiger partial charge is 0.285 e. The van der Waals surface area contributed by atoms with E-state index in [-0.39, 0.29) is 22.2 Å². The summed E-state index contributed by atoms with van der Waals surface area (Å²) >= 11 is 6.41. The Morgan fingerprint density at radius 3 is 2.54 bits per heavy atom. The molecule has 5 nitrogen and oxygen atoms in total. The standard InChI is InChI=1S/C21H20N2O3S2/c1-3-14(2)26-17-11-9-15(10-12-17)13-18-20(25)23(21(27)28-18)22-19(24)16-7-5-4-6-8-16/h4-14H,3H2,1-2H3,(H,22,24)/b18-13-/t14-/m0/s1. The van der Waals surface area contributed by atoms with Gasteiger partial charge in [-0.25, -0.2) is 0 Å². The first-order chi connectivity index (χ1) is 13.5. The molecule has 0 radical (unpaired) electrons. The molecule has 1 heterocycles. The first-order valence-corrected chi connectivity index (χ1v) is 10.1. The molecule has 7 heteroatoms. The number of hydrogen-bond acceptors (Lipinski definition) is 5. The minimum absolute atomic E-state index is 0.148. The molecule has 144 valence electrons. The molecule has 0 unspecified atom stereocenters. The fraction of sp³-hybridized carbons (Fsp3) is 0.190. The SMILES string of the molecule is CC[C@H](C)Oc1ccc(/C=C2\SC(=S)N(NC(=O)c3ccccc3)C2=O)cc1. The van der Waals surface area contributed by atoms with Gasteiger partial charge in [0, 0.05) is 5.56 Å². The van der Waals surface area contributed by atoms with Crippen LogP contribution in [-0.2, 0) is 4.79 Å². The third kappa shape index (κ3) is 4.79. The van der Waals surface area contributed by atoms with E-state index in [1.54, 1.807) is 30.3 Å². The van der Waals surface area contributed by atoms with Gasteiger partial charge in [-0.3, -0.25) is 15.0 Å². The van der Waals surface area contributed by atoms with Crippen LogP contribution in [0.1, 0.15) is 36.2 Å². The molecular weight excluding hydrogens is 392 g/mol. The largest absolute Gasteiger partial charge is 0.491 e. The summed E-state index contributed by atoms with van der Waals surface area (Å²) in [7, 11) is 0. The molecule has 0 bridgehead atoms. The highest BCUT2D eigenvalue weighted by molar-refractivity contribution is 8.26. The minimum atomic E-state index is -0.385. The second-order valence-corrected chi connectivity index (χ2v) is 7.91. The molecule has 3 rings (SSSR count). The van der Waals surface area contributed by atoms with Crippen LogP contribution in [0.4, 0.5) is 0 Å². The van der Waals surface area contributed by atoms with Crippen LogP contribution >= 0.6 is 24.0 Å². The fourth-order valence-electron chi connectivity index (χ4n) is 2.43. The zero-order valence-corrected chi connectivity index (χ0v) is 17.2. The first kappa shape index (κ1) is 20.1. The Hall–Kier alpha value is -2.64. The van der Waals surface area contributed by atoms with Crippen molar-refractivity contribution < 1.29 is 14.3 Å². The number of thioether (sulfide) groups is 1. The van der Waals surface area contributed by atoms with Crippen molar-refractivity contribution in [3.8, 4) is 5.75 Å². The van der Waals surface area contributed by atoms with Crippen molar-refractivity contribution in [2.24, 2.45) is 0 Å². The van der Waals surface area contributed by atoms with Crippen molar-refractivity contribution in [3.05, 3.63) is 70.6 Å². The molecule has 2 aromatic carbocycles. The van der Waals surface area contributed by atoms with Gasteiger partial charge in [-0.05, 0) is 61.5 Å². The van der Waals surface area contributed by atoms with Crippen molar-refractivity contribution in [1.29, 1.82) is 0 Å². The molecule has 2 amide bonds. The van der Waals surface area contributed by atoms with Gasteiger partial charge in [0.15, 0.2) is 4.32 Å². The molecule has 1 N–H and O–H groups in total. The van der Waals surface area contributed by atoms with Crippen molar-refractivity contribution in [2.45, 2.75) is 26.4 Å². The van der Waals surface area contributed by atoms with E-state index >= 15 is 0 Å². The Morgan fingerprint density at radius 1 is 1.21 bits per heavy atom. The van der Waals surface area contributed by atoms with E-state index in [0.29, 0.717) is 10.5 Å². The summed E-state index contributed by atoms with van der Waals surface area (Å²) in [5, 5.41) is 1.11. The van der Waals surface area contributed by atoms with Crippen molar-refractivity contribution in [1.82, 2.24) is 10.4 Å². The summed E-state index contributed by atoms with van der Waals surface area (Å²) < 4.78 is 6.05. The topological polar surface area (TPSA) is 58.6 Å². The average molecular weight is 413 g/mol. The zero-order valence-electron chi connectivity index (χ0n) is 15.5. The Morgan fingerprint density at radius 2 is 1.89 bits per heavy atom. The number of hydrogen-bond donors (Lipinski definition) is 1. The lowest BCUT2D eigenvalue weighted by Crippen LogP contribution is -2.44. The van der Waals surface area contributed by atoms with Crippen molar-refractivity contribution in [3.63, 3.8) is 0 Å². The number of nitrogens with one attached hydrogen (secondary N) is 1. The van der Waals surface area contributed by atoms with Gasteiger partial charge >= 0.3 is 0 Å². The molecule has 1 aliphatic heterocycles. The number of amides is 2. The predicted molar refractivity (Wildman–Crippen MR) is 116 cm³/mol. The van der Waals surface area contributed by atoms with Crippen LogP contribution in [0.2, 0.25) is 0 Å². The highest BCUT2D eigenvalue weighted by Gasteiger charge is 2.33. The van der Waals surface area contributed by atoms with E-state index < -0.39 is 0 Å². The molecular formula is C21H20N2O3S2. The minimum Gasteiger partial charge on any atom is -0.491 e. The molecule has 1 fully saturated rings. The molecule has 2 aromatic rings. The van der Waals surface area contributed by atoms with E-state index in [0.717, 1.165) is 34.5 Å². The van der Waals surface area contributed by atoms with Gasteiger partial charge in [0.05, 0.1) is 11.0 Å². The van der Waals surface area contributed by atoms with Gasteiger partial charge in [0.2, 0.25) is 0 Å². The Kier molecular flexibility index (Phi) is 6.49. The van der Waals surface area contributed by atoms with Crippen LogP contribution in [0.5, 0.6) is 5.75 Å². The maximum Gasteiger partial charge on any atom is 0.285 e. The fourth-order valence-corrected chi connectivity index (χ4v) is 3.61. The molecule has 0 aromatic heterocycles. The Balaban J connectivity index is 1.69. The second kappa shape index (κ2) is 9.03. The van der Waals surface area contributed by atoms with Crippen LogP contribution in [0.25, 0.3) is 6.08 Å².